The van der Waals surface area contributed by atoms with Crippen LogP contribution in [0.4, 0.5) is 0 Å². The predicted molar refractivity (Wildman–Crippen MR) is 76.5 cm³/mol. The van der Waals surface area contributed by atoms with Gasteiger partial charge < -0.3 is 10.00 Å². The molecule has 1 rings (SSSR count). The Balaban J connectivity index is 2.94. The minimum atomic E-state index is -3.44. The van der Waals surface area contributed by atoms with Crippen LogP contribution in [0.5, 0.6) is 0 Å². The first-order chi connectivity index (χ1) is 8.80. The van der Waals surface area contributed by atoms with Crippen molar-refractivity contribution in [2.24, 2.45) is 5.92 Å². The van der Waals surface area contributed by atoms with Crippen molar-refractivity contribution in [3.8, 4) is 0 Å². The minimum absolute atomic E-state index is 0.0299. The molecular formula is C14H19O4P. The molecule has 0 aliphatic rings. The fourth-order valence-corrected chi connectivity index (χ4v) is 3.86. The average Bonchev–Trinajstić information content (AvgIpc) is 2.27. The molecular weight excluding hydrogens is 263 g/mol. The number of benzene rings is 1. The van der Waals surface area contributed by atoms with Crippen molar-refractivity contribution in [2.75, 3.05) is 12.3 Å². The lowest BCUT2D eigenvalue weighted by Gasteiger charge is -2.14. The Morgan fingerprint density at radius 3 is 2.37 bits per heavy atom. The minimum Gasteiger partial charge on any atom is -0.478 e. The van der Waals surface area contributed by atoms with Crippen LogP contribution in [0.15, 0.2) is 35.9 Å². The number of aliphatic carboxylic acids is 1. The fraction of sp³-hybridized carbons (Fsp3) is 0.357. The fourth-order valence-electron chi connectivity index (χ4n) is 1.83. The molecule has 1 unspecified atom stereocenters. The van der Waals surface area contributed by atoms with Gasteiger partial charge in [-0.1, -0.05) is 44.2 Å². The van der Waals surface area contributed by atoms with Crippen LogP contribution < -0.4 is 0 Å². The van der Waals surface area contributed by atoms with Gasteiger partial charge in [0.15, 0.2) is 0 Å². The molecule has 0 heterocycles. The van der Waals surface area contributed by atoms with E-state index in [4.69, 9.17) is 5.11 Å². The van der Waals surface area contributed by atoms with E-state index in [0.717, 1.165) is 0 Å². The first-order valence-corrected chi connectivity index (χ1v) is 8.13. The molecule has 0 bridgehead atoms. The van der Waals surface area contributed by atoms with Gasteiger partial charge in [0.1, 0.15) is 0 Å². The molecule has 0 saturated carbocycles. The Bertz CT molecular complexity index is 505. The number of carbonyl (C=O) groups is 1. The van der Waals surface area contributed by atoms with Crippen molar-refractivity contribution >= 4 is 19.4 Å². The summed E-state index contributed by atoms with van der Waals surface area (Å²) in [5, 5.41) is 9.13. The van der Waals surface area contributed by atoms with Crippen LogP contribution in [0.1, 0.15) is 19.4 Å². The third-order valence-electron chi connectivity index (χ3n) is 2.48. The summed E-state index contributed by atoms with van der Waals surface area (Å²) < 4.78 is 12.0. The SMILES string of the molecule is CC(C)CP(=O)(O)C/C(=C\c1ccccc1)C(=O)O. The number of carboxylic acids is 1. The van der Waals surface area contributed by atoms with Crippen molar-refractivity contribution < 1.29 is 19.4 Å². The van der Waals surface area contributed by atoms with Crippen LogP contribution in [0, 0.1) is 5.92 Å². The second-order valence-electron chi connectivity index (χ2n) is 4.97. The van der Waals surface area contributed by atoms with Crippen LogP contribution in [0.2, 0.25) is 0 Å². The Hall–Kier alpha value is -1.38. The van der Waals surface area contributed by atoms with Crippen molar-refractivity contribution in [3.63, 3.8) is 0 Å². The first kappa shape index (κ1) is 15.7. The van der Waals surface area contributed by atoms with Gasteiger partial charge in [0.2, 0.25) is 7.37 Å². The summed E-state index contributed by atoms with van der Waals surface area (Å²) in [7, 11) is -3.44. The smallest absolute Gasteiger partial charge is 0.332 e. The molecule has 0 aliphatic heterocycles. The monoisotopic (exact) mass is 282 g/mol. The Kier molecular flexibility index (Phi) is 5.52. The van der Waals surface area contributed by atoms with E-state index in [9.17, 15) is 14.3 Å². The summed E-state index contributed by atoms with van der Waals surface area (Å²) in [6.45, 7) is 3.68. The number of rotatable bonds is 6. The lowest BCUT2D eigenvalue weighted by Crippen LogP contribution is -2.09. The summed E-state index contributed by atoms with van der Waals surface area (Å²) in [5.41, 5.74) is 0.683. The van der Waals surface area contributed by atoms with E-state index in [0.29, 0.717) is 5.56 Å². The average molecular weight is 282 g/mol. The van der Waals surface area contributed by atoms with Gasteiger partial charge >= 0.3 is 5.97 Å². The molecule has 1 atom stereocenters. The summed E-state index contributed by atoms with van der Waals surface area (Å²) in [5.74, 6) is -1.09. The van der Waals surface area contributed by atoms with E-state index in [-0.39, 0.29) is 23.8 Å². The van der Waals surface area contributed by atoms with Crippen LogP contribution in [0.3, 0.4) is 0 Å². The summed E-state index contributed by atoms with van der Waals surface area (Å²) in [6.07, 6.45) is 1.29. The van der Waals surface area contributed by atoms with E-state index in [1.54, 1.807) is 24.3 Å². The Labute approximate surface area is 113 Å². The van der Waals surface area contributed by atoms with Crippen molar-refractivity contribution in [2.45, 2.75) is 13.8 Å². The van der Waals surface area contributed by atoms with Crippen LogP contribution in [-0.2, 0) is 9.36 Å². The quantitative estimate of drug-likeness (QED) is 0.621. The largest absolute Gasteiger partial charge is 0.478 e. The predicted octanol–water partition coefficient (Wildman–Crippen LogP) is 3.08. The number of carboxylic acid groups (broad SMARTS) is 1. The molecule has 0 fully saturated rings. The molecule has 5 heteroatoms. The molecule has 19 heavy (non-hydrogen) atoms. The van der Waals surface area contributed by atoms with Crippen LogP contribution in [-0.4, -0.2) is 28.3 Å². The normalized spacial score (nSPS) is 15.3. The standard InChI is InChI=1S/C14H19O4P/c1-11(2)9-19(17,18)10-13(14(15)16)8-12-6-4-3-5-7-12/h3-8,11H,9-10H2,1-2H3,(H,15,16)(H,17,18)/b13-8+. The molecule has 0 radical (unpaired) electrons. The van der Waals surface area contributed by atoms with Gasteiger partial charge in [0, 0.05) is 11.7 Å². The summed E-state index contributed by atoms with van der Waals surface area (Å²) in [4.78, 5) is 21.0. The zero-order valence-corrected chi connectivity index (χ0v) is 12.0. The maximum absolute atomic E-state index is 12.0. The van der Waals surface area contributed by atoms with Crippen molar-refractivity contribution in [1.82, 2.24) is 0 Å². The summed E-state index contributed by atoms with van der Waals surface area (Å²) >= 11 is 0. The molecule has 2 N–H and O–H groups in total. The van der Waals surface area contributed by atoms with Crippen molar-refractivity contribution in [3.05, 3.63) is 41.5 Å². The maximum Gasteiger partial charge on any atom is 0.332 e. The summed E-state index contributed by atoms with van der Waals surface area (Å²) in [6, 6.07) is 8.92. The highest BCUT2D eigenvalue weighted by Gasteiger charge is 2.24. The second-order valence-corrected chi connectivity index (χ2v) is 7.34. The maximum atomic E-state index is 12.0. The molecule has 0 aromatic heterocycles. The third-order valence-corrected chi connectivity index (χ3v) is 4.62. The van der Waals surface area contributed by atoms with E-state index >= 15 is 0 Å². The third kappa shape index (κ3) is 5.86. The van der Waals surface area contributed by atoms with Gasteiger partial charge in [0.25, 0.3) is 0 Å². The Morgan fingerprint density at radius 2 is 1.89 bits per heavy atom. The van der Waals surface area contributed by atoms with Gasteiger partial charge in [-0.15, -0.1) is 0 Å². The molecule has 104 valence electrons. The molecule has 1 aromatic carbocycles. The van der Waals surface area contributed by atoms with Gasteiger partial charge in [-0.25, -0.2) is 4.79 Å². The van der Waals surface area contributed by atoms with Crippen molar-refractivity contribution in [1.29, 1.82) is 0 Å². The zero-order valence-electron chi connectivity index (χ0n) is 11.1. The lowest BCUT2D eigenvalue weighted by atomic mass is 10.1. The van der Waals surface area contributed by atoms with E-state index < -0.39 is 13.3 Å². The van der Waals surface area contributed by atoms with Gasteiger partial charge in [-0.3, -0.25) is 4.57 Å². The van der Waals surface area contributed by atoms with Gasteiger partial charge in [-0.05, 0) is 17.6 Å². The molecule has 0 aliphatic carbocycles. The van der Waals surface area contributed by atoms with Crippen LogP contribution >= 0.6 is 7.37 Å². The highest BCUT2D eigenvalue weighted by atomic mass is 31.2. The van der Waals surface area contributed by atoms with Gasteiger partial charge in [-0.2, -0.15) is 0 Å². The zero-order chi connectivity index (χ0) is 14.5. The molecule has 0 saturated heterocycles. The molecule has 0 amide bonds. The molecule has 4 nitrogen and oxygen atoms in total. The van der Waals surface area contributed by atoms with E-state index in [1.165, 1.54) is 6.08 Å². The molecule has 0 spiro atoms. The molecule has 1 aromatic rings. The topological polar surface area (TPSA) is 74.6 Å². The van der Waals surface area contributed by atoms with Crippen LogP contribution in [0.25, 0.3) is 6.08 Å². The van der Waals surface area contributed by atoms with E-state index in [1.807, 2.05) is 19.9 Å². The highest BCUT2D eigenvalue weighted by molar-refractivity contribution is 7.58. The highest BCUT2D eigenvalue weighted by Crippen LogP contribution is 2.44. The number of hydrogen-bond acceptors (Lipinski definition) is 2. The van der Waals surface area contributed by atoms with Gasteiger partial charge in [0.05, 0.1) is 6.16 Å². The lowest BCUT2D eigenvalue weighted by molar-refractivity contribution is -0.132. The second kappa shape index (κ2) is 6.69. The van der Waals surface area contributed by atoms with E-state index in [2.05, 4.69) is 0 Å². The number of hydrogen-bond donors (Lipinski definition) is 2. The first-order valence-electron chi connectivity index (χ1n) is 6.10. The Morgan fingerprint density at radius 1 is 1.32 bits per heavy atom.